The molecule has 0 saturated carbocycles. The van der Waals surface area contributed by atoms with Gasteiger partial charge in [0.15, 0.2) is 5.82 Å². The molecule has 0 radical (unpaired) electrons. The van der Waals surface area contributed by atoms with Gasteiger partial charge in [-0.3, -0.25) is 4.98 Å². The molecule has 0 spiro atoms. The minimum atomic E-state index is 0.185. The summed E-state index contributed by atoms with van der Waals surface area (Å²) in [6.45, 7) is 10.4. The van der Waals surface area contributed by atoms with Crippen LogP contribution in [0.1, 0.15) is 39.7 Å². The predicted molar refractivity (Wildman–Crippen MR) is 94.5 cm³/mol. The summed E-state index contributed by atoms with van der Waals surface area (Å²) < 4.78 is 1.82. The van der Waals surface area contributed by atoms with E-state index >= 15 is 0 Å². The second-order valence-electron chi connectivity index (χ2n) is 5.84. The van der Waals surface area contributed by atoms with Gasteiger partial charge in [-0.2, -0.15) is 5.10 Å². The van der Waals surface area contributed by atoms with Gasteiger partial charge in [0.05, 0.1) is 24.1 Å². The van der Waals surface area contributed by atoms with E-state index in [-0.39, 0.29) is 6.04 Å². The second kappa shape index (κ2) is 6.12. The Hall–Kier alpha value is -2.21. The summed E-state index contributed by atoms with van der Waals surface area (Å²) in [5.41, 5.74) is 3.33. The minimum Gasteiger partial charge on any atom is -0.362 e. The second-order valence-corrected chi connectivity index (χ2v) is 7.30. The van der Waals surface area contributed by atoms with Crippen molar-refractivity contribution in [2.45, 2.75) is 40.7 Å². The first-order valence-corrected chi connectivity index (χ1v) is 8.45. The van der Waals surface area contributed by atoms with E-state index in [1.54, 1.807) is 12.4 Å². The Balaban J connectivity index is 1.85. The van der Waals surface area contributed by atoms with E-state index < -0.39 is 0 Å². The van der Waals surface area contributed by atoms with Crippen LogP contribution in [-0.4, -0.2) is 19.7 Å². The molecule has 3 rings (SSSR count). The maximum absolute atomic E-state index is 4.65. The van der Waals surface area contributed by atoms with Crippen LogP contribution in [-0.2, 0) is 0 Å². The molecule has 6 heteroatoms. The maximum atomic E-state index is 4.65. The van der Waals surface area contributed by atoms with Crippen LogP contribution in [0.25, 0.3) is 5.82 Å². The van der Waals surface area contributed by atoms with Gasteiger partial charge in [-0.15, -0.1) is 11.3 Å². The van der Waals surface area contributed by atoms with Crippen molar-refractivity contribution in [3.05, 3.63) is 51.2 Å². The van der Waals surface area contributed by atoms with Gasteiger partial charge in [-0.1, -0.05) is 0 Å². The topological polar surface area (TPSA) is 55.6 Å². The molecule has 23 heavy (non-hydrogen) atoms. The number of nitrogens with one attached hydrogen (secondary N) is 1. The molecule has 5 nitrogen and oxygen atoms in total. The Morgan fingerprint density at radius 3 is 2.52 bits per heavy atom. The molecule has 3 aromatic rings. The van der Waals surface area contributed by atoms with Crippen molar-refractivity contribution in [1.82, 2.24) is 19.7 Å². The molecule has 0 aliphatic heterocycles. The van der Waals surface area contributed by atoms with Crippen LogP contribution in [0.2, 0.25) is 0 Å². The van der Waals surface area contributed by atoms with E-state index in [1.807, 2.05) is 35.9 Å². The van der Waals surface area contributed by atoms with Crippen molar-refractivity contribution in [2.24, 2.45) is 0 Å². The Morgan fingerprint density at radius 1 is 1.13 bits per heavy atom. The molecule has 0 aromatic carbocycles. The molecule has 3 aromatic heterocycles. The molecule has 0 fully saturated rings. The first-order valence-electron chi connectivity index (χ1n) is 7.63. The fraction of sp³-hybridized carbons (Fsp3) is 0.353. The third-order valence-corrected chi connectivity index (χ3v) is 4.74. The highest BCUT2D eigenvalue weighted by Gasteiger charge is 2.13. The van der Waals surface area contributed by atoms with Crippen LogP contribution < -0.4 is 5.32 Å². The number of anilines is 1. The van der Waals surface area contributed by atoms with Gasteiger partial charge in [0.2, 0.25) is 0 Å². The SMILES string of the molecule is Cc1cc(C)n(-c2cncc(NC(C)c3cc(C)sc3C)n2)n1. The molecule has 120 valence electrons. The lowest BCUT2D eigenvalue weighted by Crippen LogP contribution is -2.10. The summed E-state index contributed by atoms with van der Waals surface area (Å²) in [6.07, 6.45) is 3.48. The van der Waals surface area contributed by atoms with Crippen molar-refractivity contribution in [2.75, 3.05) is 5.32 Å². The summed E-state index contributed by atoms with van der Waals surface area (Å²) in [6, 6.07) is 4.45. The van der Waals surface area contributed by atoms with Gasteiger partial charge in [-0.05, 0) is 52.3 Å². The fourth-order valence-corrected chi connectivity index (χ4v) is 3.79. The lowest BCUT2D eigenvalue weighted by molar-refractivity contribution is 0.793. The van der Waals surface area contributed by atoms with Crippen LogP contribution in [0.15, 0.2) is 24.5 Å². The lowest BCUT2D eigenvalue weighted by Gasteiger charge is -2.15. The quantitative estimate of drug-likeness (QED) is 0.783. The third-order valence-electron chi connectivity index (χ3n) is 3.76. The van der Waals surface area contributed by atoms with Crippen molar-refractivity contribution >= 4 is 17.2 Å². The number of hydrogen-bond donors (Lipinski definition) is 1. The maximum Gasteiger partial charge on any atom is 0.174 e. The van der Waals surface area contributed by atoms with Gasteiger partial charge in [0.25, 0.3) is 0 Å². The molecule has 1 N–H and O–H groups in total. The number of aryl methyl sites for hydroxylation is 4. The number of rotatable bonds is 4. The highest BCUT2D eigenvalue weighted by atomic mass is 32.1. The van der Waals surface area contributed by atoms with Crippen molar-refractivity contribution in [1.29, 1.82) is 0 Å². The van der Waals surface area contributed by atoms with Gasteiger partial charge < -0.3 is 5.32 Å². The molecule has 3 heterocycles. The normalized spacial score (nSPS) is 12.4. The molecular formula is C17H21N5S. The van der Waals surface area contributed by atoms with Crippen molar-refractivity contribution in [3.8, 4) is 5.82 Å². The monoisotopic (exact) mass is 327 g/mol. The fourth-order valence-electron chi connectivity index (χ4n) is 2.77. The number of nitrogens with zero attached hydrogens (tertiary/aromatic N) is 4. The molecule has 0 saturated heterocycles. The molecule has 0 aliphatic carbocycles. The first-order chi connectivity index (χ1) is 10.9. The van der Waals surface area contributed by atoms with E-state index in [2.05, 4.69) is 47.2 Å². The van der Waals surface area contributed by atoms with Crippen LogP contribution in [0.5, 0.6) is 0 Å². The van der Waals surface area contributed by atoms with Gasteiger partial charge in [-0.25, -0.2) is 9.67 Å². The molecular weight excluding hydrogens is 306 g/mol. The molecule has 0 aliphatic rings. The Kier molecular flexibility index (Phi) is 4.17. The summed E-state index contributed by atoms with van der Waals surface area (Å²) in [7, 11) is 0. The van der Waals surface area contributed by atoms with E-state index in [4.69, 9.17) is 0 Å². The lowest BCUT2D eigenvalue weighted by atomic mass is 10.1. The average Bonchev–Trinajstić information content (AvgIpc) is 3.00. The smallest absolute Gasteiger partial charge is 0.174 e. The zero-order valence-electron chi connectivity index (χ0n) is 14.1. The highest BCUT2D eigenvalue weighted by Crippen LogP contribution is 2.28. The van der Waals surface area contributed by atoms with Crippen molar-refractivity contribution < 1.29 is 0 Å². The van der Waals surface area contributed by atoms with Gasteiger partial charge in [0, 0.05) is 15.4 Å². The number of thiophene rings is 1. The van der Waals surface area contributed by atoms with Crippen LogP contribution in [0.3, 0.4) is 0 Å². The molecule has 0 amide bonds. The Morgan fingerprint density at radius 2 is 1.91 bits per heavy atom. The molecule has 1 atom stereocenters. The summed E-state index contributed by atoms with van der Waals surface area (Å²) in [5.74, 6) is 1.48. The van der Waals surface area contributed by atoms with Crippen LogP contribution in [0.4, 0.5) is 5.82 Å². The van der Waals surface area contributed by atoms with E-state index in [9.17, 15) is 0 Å². The summed E-state index contributed by atoms with van der Waals surface area (Å²) in [5, 5.41) is 7.91. The Bertz CT molecular complexity index is 833. The summed E-state index contributed by atoms with van der Waals surface area (Å²) in [4.78, 5) is 11.6. The first kappa shape index (κ1) is 15.7. The molecule has 1 unspecified atom stereocenters. The number of hydrogen-bond acceptors (Lipinski definition) is 5. The molecule has 0 bridgehead atoms. The zero-order chi connectivity index (χ0) is 16.6. The zero-order valence-corrected chi connectivity index (χ0v) is 14.9. The third kappa shape index (κ3) is 3.27. The van der Waals surface area contributed by atoms with E-state index in [1.165, 1.54) is 15.3 Å². The van der Waals surface area contributed by atoms with Crippen LogP contribution in [0, 0.1) is 27.7 Å². The predicted octanol–water partition coefficient (Wildman–Crippen LogP) is 4.13. The largest absolute Gasteiger partial charge is 0.362 e. The van der Waals surface area contributed by atoms with Crippen molar-refractivity contribution in [3.63, 3.8) is 0 Å². The van der Waals surface area contributed by atoms with E-state index in [0.717, 1.165) is 23.0 Å². The standard InChI is InChI=1S/C17H21N5S/c1-10-6-11(2)22(21-10)17-9-18-8-16(20-17)19-13(4)15-7-12(3)23-14(15)5/h6-9,13H,1-5H3,(H,19,20). The van der Waals surface area contributed by atoms with Gasteiger partial charge in [0.1, 0.15) is 5.82 Å². The summed E-state index contributed by atoms with van der Waals surface area (Å²) >= 11 is 1.82. The van der Waals surface area contributed by atoms with Gasteiger partial charge >= 0.3 is 0 Å². The van der Waals surface area contributed by atoms with Crippen LogP contribution >= 0.6 is 11.3 Å². The average molecular weight is 327 g/mol. The Labute approximate surface area is 140 Å². The van der Waals surface area contributed by atoms with E-state index in [0.29, 0.717) is 0 Å². The highest BCUT2D eigenvalue weighted by molar-refractivity contribution is 7.12. The number of aromatic nitrogens is 4. The minimum absolute atomic E-state index is 0.185.